The summed E-state index contributed by atoms with van der Waals surface area (Å²) in [7, 11) is 17.5. The van der Waals surface area contributed by atoms with Gasteiger partial charge in [0.2, 0.25) is 19.0 Å². The molecule has 36 nitrogen and oxygen atoms in total. The first-order valence-corrected chi connectivity index (χ1v) is 44.2. The Hall–Kier alpha value is -15.6. The van der Waals surface area contributed by atoms with E-state index < -0.39 is 0 Å². The minimum Gasteiger partial charge on any atom is -0.660 e. The Bertz CT molecular complexity index is 8980. The van der Waals surface area contributed by atoms with E-state index >= 15 is 0 Å². The van der Waals surface area contributed by atoms with Crippen LogP contribution in [0.3, 0.4) is 0 Å². The molecular weight excluding hydrogens is 2950 g/mol. The molecule has 147 heavy (non-hydrogen) atoms. The van der Waals surface area contributed by atoms with Gasteiger partial charge in [-0.2, -0.15) is 0 Å². The van der Waals surface area contributed by atoms with Gasteiger partial charge in [0.1, 0.15) is 35.1 Å². The van der Waals surface area contributed by atoms with Crippen LogP contribution in [0.4, 0.5) is 0 Å². The molecule has 0 amide bonds. The zero-order valence-corrected chi connectivity index (χ0v) is 91.9. The summed E-state index contributed by atoms with van der Waals surface area (Å²) in [6, 6.07) is 36.6. The molecule has 0 atom stereocenters. The molecule has 30 rings (SSSR count). The van der Waals surface area contributed by atoms with Crippen molar-refractivity contribution in [3.8, 4) is 104 Å². The van der Waals surface area contributed by atoms with Crippen LogP contribution in [-0.2, 0) is 190 Å². The third-order valence-corrected chi connectivity index (χ3v) is 24.7. The number of imidazole rings is 12. The summed E-state index contributed by atoms with van der Waals surface area (Å²) in [5.74, 6) is 9.08. The van der Waals surface area contributed by atoms with Crippen LogP contribution >= 0.6 is 0 Å². The van der Waals surface area contributed by atoms with Crippen molar-refractivity contribution in [3.63, 3.8) is 0 Å². The van der Waals surface area contributed by atoms with E-state index in [1.807, 2.05) is 284 Å². The number of fused-ring (bicyclic) bond motifs is 18. The zero-order chi connectivity index (χ0) is 94.9. The maximum absolute atomic E-state index is 5.75. The van der Waals surface area contributed by atoms with Crippen molar-refractivity contribution < 1.29 is 167 Å². The first kappa shape index (κ1) is 100. The van der Waals surface area contributed by atoms with Gasteiger partial charge in [0.25, 0.3) is 0 Å². The third-order valence-electron chi connectivity index (χ3n) is 24.7. The molecule has 0 unspecified atom stereocenters. The second-order valence-corrected chi connectivity index (χ2v) is 33.5. The summed E-state index contributed by atoms with van der Waals surface area (Å²) in [6.07, 6.45) is 75.4. The fraction of sp³-hybridized carbons (Fsp3) is 0.0857. The van der Waals surface area contributed by atoms with Crippen LogP contribution < -0.4 is 43.6 Å². The Balaban J connectivity index is 0.000000110. The standard InChI is InChI=1S/3C18H13N5O.3C17H11N5O.6Pt/c3*1-21-8-9-23(11-21)18-16-14(10-24-18)12-4-3-5-13(15(12)20-16)17-19-6-7-22(17)2;3*1-21-7-6-19-16(21)12-4-2-3-11-13-9-23-17(15(13)20-14(11)12)22-8-5-18-10-22;;;;;;/h3*3-5,7-10H,1-2H3;3*2-9H,1H3;;;;;;/q6*-2;;;;3*+2. The molecule has 0 saturated carbocycles. The van der Waals surface area contributed by atoms with Crippen LogP contribution in [0.15, 0.2) is 303 Å². The fourth-order valence-corrected chi connectivity index (χ4v) is 18.1. The Morgan fingerprint density at radius 3 is 0.639 bits per heavy atom. The molecule has 42 heteroatoms. The van der Waals surface area contributed by atoms with Gasteiger partial charge < -0.3 is 141 Å². The Kier molecular flexibility index (Phi) is 28.0. The third kappa shape index (κ3) is 17.5. The normalized spacial score (nSPS) is 11.2. The van der Waals surface area contributed by atoms with E-state index in [-0.39, 0.29) is 126 Å². The van der Waals surface area contributed by atoms with Gasteiger partial charge in [-0.25, -0.2) is 15.0 Å². The van der Waals surface area contributed by atoms with Gasteiger partial charge in [0, 0.05) is 194 Å². The Morgan fingerprint density at radius 1 is 0.245 bits per heavy atom. The topological polar surface area (TPSA) is 350 Å². The second kappa shape index (κ2) is 41.2. The van der Waals surface area contributed by atoms with Crippen LogP contribution in [0, 0.1) is 56.6 Å². The van der Waals surface area contributed by atoms with Gasteiger partial charge in [-0.15, -0.1) is 68.2 Å². The number of hydrogen-bond donors (Lipinski definition) is 0. The number of aromatic nitrogens is 30. The van der Waals surface area contributed by atoms with Crippen molar-refractivity contribution in [3.05, 3.63) is 333 Å². The first-order valence-electron chi connectivity index (χ1n) is 44.2. The van der Waals surface area contributed by atoms with Crippen LogP contribution in [0.5, 0.6) is 0 Å². The number of benzene rings is 6. The molecule has 0 bridgehead atoms. The summed E-state index contributed by atoms with van der Waals surface area (Å²) >= 11 is 0. The van der Waals surface area contributed by atoms with Crippen molar-refractivity contribution in [1.82, 2.24) is 130 Å². The number of furan rings is 6. The molecule has 24 heterocycles. The summed E-state index contributed by atoms with van der Waals surface area (Å²) in [6.45, 7) is 0. The van der Waals surface area contributed by atoms with Crippen LogP contribution in [0.1, 0.15) is 0 Å². The Morgan fingerprint density at radius 2 is 0.463 bits per heavy atom. The predicted molar refractivity (Wildman–Crippen MR) is 518 cm³/mol. The molecule has 0 radical (unpaired) electrons. The molecule has 744 valence electrons. The molecule has 30 aromatic rings. The van der Waals surface area contributed by atoms with E-state index in [4.69, 9.17) is 56.4 Å². The zero-order valence-electron chi connectivity index (χ0n) is 78.2. The van der Waals surface area contributed by atoms with E-state index in [1.54, 1.807) is 107 Å². The van der Waals surface area contributed by atoms with Crippen molar-refractivity contribution in [2.75, 3.05) is 0 Å². The van der Waals surface area contributed by atoms with Crippen LogP contribution in [0.2, 0.25) is 0 Å². The van der Waals surface area contributed by atoms with Crippen molar-refractivity contribution >= 4 is 131 Å². The van der Waals surface area contributed by atoms with Crippen LogP contribution in [-0.4, -0.2) is 99.7 Å². The molecule has 0 aliphatic carbocycles. The summed E-state index contributed by atoms with van der Waals surface area (Å²) < 4.78 is 62.1. The van der Waals surface area contributed by atoms with Gasteiger partial charge in [-0.05, 0) is 103 Å². The number of para-hydroxylation sites is 6. The monoisotopic (exact) mass is 3020 g/mol. The quantitative estimate of drug-likeness (QED) is 0.0810. The average Bonchev–Trinajstić information content (AvgIpc) is 1.61. The maximum atomic E-state index is 5.75. The summed E-state index contributed by atoms with van der Waals surface area (Å²) in [5.41, 5.74) is 16.4. The molecule has 0 aliphatic heterocycles. The van der Waals surface area contributed by atoms with Crippen LogP contribution in [0.25, 0.3) is 234 Å². The summed E-state index contributed by atoms with van der Waals surface area (Å²) in [4.78, 5) is 67.1. The fourth-order valence-electron chi connectivity index (χ4n) is 18.1. The molecule has 0 N–H and O–H groups in total. The summed E-state index contributed by atoms with van der Waals surface area (Å²) in [5, 5.41) is 12.2. The molecular formula is C105H72N30O6Pt6-6. The van der Waals surface area contributed by atoms with E-state index in [0.29, 0.717) is 35.3 Å². The van der Waals surface area contributed by atoms with E-state index in [2.05, 4.69) is 120 Å². The van der Waals surface area contributed by atoms with E-state index in [9.17, 15) is 0 Å². The Labute approximate surface area is 919 Å². The van der Waals surface area contributed by atoms with Crippen molar-refractivity contribution in [2.45, 2.75) is 0 Å². The van der Waals surface area contributed by atoms with Gasteiger partial charge in [-0.3, -0.25) is 13.7 Å². The average molecular weight is 3020 g/mol. The molecule has 0 saturated heterocycles. The first-order chi connectivity index (χ1) is 69.1. The van der Waals surface area contributed by atoms with Crippen molar-refractivity contribution in [2.24, 2.45) is 63.4 Å². The molecule has 0 aliphatic rings. The number of hydrogen-bond acceptors (Lipinski definition) is 15. The molecule has 0 spiro atoms. The molecule has 24 aromatic heterocycles. The predicted octanol–water partition coefficient (Wildman–Crippen LogP) is 15.3. The minimum atomic E-state index is 0. The van der Waals surface area contributed by atoms with Crippen molar-refractivity contribution in [1.29, 1.82) is 0 Å². The largest absolute Gasteiger partial charge is 2.00 e. The van der Waals surface area contributed by atoms with Gasteiger partial charge in [0.05, 0.1) is 58.7 Å². The van der Waals surface area contributed by atoms with Gasteiger partial charge >= 0.3 is 63.2 Å². The van der Waals surface area contributed by atoms with Gasteiger partial charge in [0.15, 0.2) is 17.7 Å². The molecule has 6 aromatic carbocycles. The minimum absolute atomic E-state index is 0. The number of aryl methyl sites for hydroxylation is 9. The second-order valence-electron chi connectivity index (χ2n) is 33.5. The smallest absolute Gasteiger partial charge is 0.660 e. The SMILES string of the molecule is Cn1c[c-]nc1-c1cccc2c1[n-]c1c(-n3[c-][n+](C)cc3)occ12.Cn1c[c-]nc1-c1cccc2c1[n-]c1c(-n3[c-][n+](C)cc3)occ12.Cn1c[c-]nc1-c1cccc2c1[n-]c1c(-n3[c-][n+](C)cc3)occ12.Cn1ccnc1-c1cccc2c1[n-]c1c(-n3[c-]ncc3)occ12.Cn1ccnc1-c1cccc2c1[n-]c1c(-n3[c-]ncc3)occ12.Cn1ccnc1-c1cccc2c1[n-]c1c(-n3[c-]ncc3)occ12.[Pt+2].[Pt+2].[Pt+2].[Pt].[Pt].[Pt]. The number of rotatable bonds is 12. The van der Waals surface area contributed by atoms with E-state index in [0.717, 1.165) is 199 Å². The van der Waals surface area contributed by atoms with Gasteiger partial charge in [-0.1, -0.05) is 198 Å². The maximum Gasteiger partial charge on any atom is 2.00 e. The number of nitrogens with zero attached hydrogens (tertiary/aromatic N) is 30. The van der Waals surface area contributed by atoms with E-state index in [1.165, 1.54) is 0 Å². The molecule has 0 fully saturated rings.